The van der Waals surface area contributed by atoms with E-state index in [0.717, 1.165) is 0 Å². The Morgan fingerprint density at radius 1 is 1.27 bits per heavy atom. The maximum Gasteiger partial charge on any atom is 0.111 e. The van der Waals surface area contributed by atoms with Crippen LogP contribution < -0.4 is 32.5 Å². The van der Waals surface area contributed by atoms with Gasteiger partial charge in [0.25, 0.3) is 0 Å². The average Bonchev–Trinajstić information content (AvgIpc) is 2.45. The van der Waals surface area contributed by atoms with Crippen LogP contribution in [0.25, 0.3) is 0 Å². The van der Waals surface area contributed by atoms with Crippen molar-refractivity contribution < 1.29 is 0 Å². The molecule has 4 atom stereocenters. The van der Waals surface area contributed by atoms with Gasteiger partial charge in [0.05, 0.1) is 18.4 Å². The molecule has 0 radical (unpaired) electrons. The van der Waals surface area contributed by atoms with Crippen LogP contribution in [0.5, 0.6) is 0 Å². The second-order valence-corrected chi connectivity index (χ2v) is 2.87. The van der Waals surface area contributed by atoms with Crippen LogP contribution >= 0.6 is 0 Å². The topological polar surface area (TPSA) is 86.2 Å². The second kappa shape index (κ2) is 2.67. The van der Waals surface area contributed by atoms with Gasteiger partial charge in [-0.15, -0.1) is 0 Å². The first-order valence-corrected chi connectivity index (χ1v) is 3.77. The monoisotopic (exact) mass is 158 g/mol. The van der Waals surface area contributed by atoms with E-state index in [1.54, 1.807) is 0 Å². The number of hydrazine groups is 1. The van der Waals surface area contributed by atoms with Crippen LogP contribution in [-0.2, 0) is 0 Å². The summed E-state index contributed by atoms with van der Waals surface area (Å²) in [5.41, 5.74) is 11.8. The molecule has 0 amide bonds. The molecule has 7 N–H and O–H groups in total. The fraction of sp³-hybridized carbons (Fsp3) is 1.00. The smallest absolute Gasteiger partial charge is 0.111 e. The molecule has 0 spiro atoms. The van der Waals surface area contributed by atoms with Gasteiger partial charge in [0.1, 0.15) is 6.29 Å². The van der Waals surface area contributed by atoms with E-state index in [9.17, 15) is 0 Å². The molecule has 2 rings (SSSR count). The third-order valence-corrected chi connectivity index (χ3v) is 2.15. The van der Waals surface area contributed by atoms with Crippen LogP contribution in [-0.4, -0.2) is 31.7 Å². The zero-order valence-electron chi connectivity index (χ0n) is 6.39. The van der Waals surface area contributed by atoms with Crippen molar-refractivity contribution in [1.82, 2.24) is 26.8 Å². The molecule has 0 aliphatic carbocycles. The van der Waals surface area contributed by atoms with Gasteiger partial charge in [-0.25, -0.2) is 10.9 Å². The molecule has 64 valence electrons. The molecule has 2 heterocycles. The maximum atomic E-state index is 5.62. The van der Waals surface area contributed by atoms with E-state index in [-0.39, 0.29) is 18.6 Å². The van der Waals surface area contributed by atoms with Crippen molar-refractivity contribution in [2.45, 2.75) is 24.7 Å². The lowest BCUT2D eigenvalue weighted by atomic mass is 10.2. The van der Waals surface area contributed by atoms with Crippen LogP contribution in [0.3, 0.4) is 0 Å². The molecule has 2 saturated heterocycles. The lowest BCUT2D eigenvalue weighted by Crippen LogP contribution is -2.53. The van der Waals surface area contributed by atoms with Crippen LogP contribution in [0.1, 0.15) is 0 Å². The van der Waals surface area contributed by atoms with Crippen LogP contribution in [0.15, 0.2) is 0 Å². The number of nitrogens with one attached hydrogen (secondary N) is 5. The first-order chi connectivity index (χ1) is 5.31. The van der Waals surface area contributed by atoms with Crippen molar-refractivity contribution in [3.8, 4) is 0 Å². The molecule has 0 aromatic heterocycles. The molecule has 2 aliphatic rings. The molecule has 0 saturated carbocycles. The molecular weight excluding hydrogens is 144 g/mol. The standard InChI is InChI=1S/C5H14N6/c1-7-3-2-4(11-10-3)9-5(6)8-2/h2-5,7-11H,6H2,1H3. The number of hydrogen-bond donors (Lipinski definition) is 6. The largest absolute Gasteiger partial charge is 0.304 e. The van der Waals surface area contributed by atoms with Gasteiger partial charge in [0.15, 0.2) is 0 Å². The molecule has 6 heteroatoms. The number of rotatable bonds is 1. The van der Waals surface area contributed by atoms with Crippen molar-refractivity contribution in [2.75, 3.05) is 7.05 Å². The Morgan fingerprint density at radius 2 is 2.09 bits per heavy atom. The quantitative estimate of drug-likeness (QED) is 0.241. The Bertz CT molecular complexity index is 148. The second-order valence-electron chi connectivity index (χ2n) is 2.87. The highest BCUT2D eigenvalue weighted by molar-refractivity contribution is 4.99. The summed E-state index contributed by atoms with van der Waals surface area (Å²) < 4.78 is 0. The Balaban J connectivity index is 2.01. The van der Waals surface area contributed by atoms with Gasteiger partial charge >= 0.3 is 0 Å². The Morgan fingerprint density at radius 3 is 2.82 bits per heavy atom. The molecular formula is C5H14N6. The summed E-state index contributed by atoms with van der Waals surface area (Å²) in [5, 5.41) is 9.45. The third kappa shape index (κ3) is 1.13. The zero-order chi connectivity index (χ0) is 7.84. The molecule has 6 nitrogen and oxygen atoms in total. The highest BCUT2D eigenvalue weighted by atomic mass is 15.6. The van der Waals surface area contributed by atoms with Gasteiger partial charge in [0, 0.05) is 0 Å². The average molecular weight is 158 g/mol. The van der Waals surface area contributed by atoms with E-state index in [4.69, 9.17) is 5.73 Å². The van der Waals surface area contributed by atoms with E-state index in [1.165, 1.54) is 0 Å². The van der Waals surface area contributed by atoms with E-state index in [2.05, 4.69) is 26.8 Å². The normalized spacial score (nSPS) is 49.6. The maximum absolute atomic E-state index is 5.62. The van der Waals surface area contributed by atoms with Gasteiger partial charge < -0.3 is 11.1 Å². The summed E-state index contributed by atoms with van der Waals surface area (Å²) in [6, 6.07) is 0.315. The molecule has 2 fully saturated rings. The minimum Gasteiger partial charge on any atom is -0.304 e. The predicted octanol–water partition coefficient (Wildman–Crippen LogP) is -3.23. The van der Waals surface area contributed by atoms with Crippen LogP contribution in [0.2, 0.25) is 0 Å². The SMILES string of the molecule is CNC1NNC2NC(N)NC12. The summed E-state index contributed by atoms with van der Waals surface area (Å²) in [5.74, 6) is 0. The van der Waals surface area contributed by atoms with Gasteiger partial charge in [-0.1, -0.05) is 0 Å². The highest BCUT2D eigenvalue weighted by Crippen LogP contribution is 2.06. The molecule has 4 unspecified atom stereocenters. The third-order valence-electron chi connectivity index (χ3n) is 2.15. The lowest BCUT2D eigenvalue weighted by Gasteiger charge is -2.16. The van der Waals surface area contributed by atoms with E-state index < -0.39 is 0 Å². The summed E-state index contributed by atoms with van der Waals surface area (Å²) in [6.45, 7) is 0. The Labute approximate surface area is 65.2 Å². The fourth-order valence-corrected chi connectivity index (χ4v) is 1.59. The van der Waals surface area contributed by atoms with E-state index >= 15 is 0 Å². The van der Waals surface area contributed by atoms with E-state index in [0.29, 0.717) is 6.04 Å². The number of nitrogens with two attached hydrogens (primary N) is 1. The Hall–Kier alpha value is -0.240. The predicted molar refractivity (Wildman–Crippen MR) is 40.9 cm³/mol. The van der Waals surface area contributed by atoms with Crippen molar-refractivity contribution >= 4 is 0 Å². The zero-order valence-corrected chi connectivity index (χ0v) is 6.39. The summed E-state index contributed by atoms with van der Waals surface area (Å²) >= 11 is 0. The van der Waals surface area contributed by atoms with Crippen molar-refractivity contribution in [2.24, 2.45) is 5.73 Å². The first kappa shape index (κ1) is 7.41. The van der Waals surface area contributed by atoms with Crippen molar-refractivity contribution in [3.63, 3.8) is 0 Å². The van der Waals surface area contributed by atoms with Gasteiger partial charge in [-0.3, -0.25) is 10.6 Å². The minimum absolute atomic E-state index is 0.101. The molecule has 0 bridgehead atoms. The fourth-order valence-electron chi connectivity index (χ4n) is 1.59. The van der Waals surface area contributed by atoms with Crippen LogP contribution in [0, 0.1) is 0 Å². The highest BCUT2D eigenvalue weighted by Gasteiger charge is 2.40. The van der Waals surface area contributed by atoms with E-state index in [1.807, 2.05) is 7.05 Å². The minimum atomic E-state index is -0.101. The van der Waals surface area contributed by atoms with Crippen molar-refractivity contribution in [1.29, 1.82) is 0 Å². The Kier molecular flexibility index (Phi) is 1.80. The molecule has 11 heavy (non-hydrogen) atoms. The van der Waals surface area contributed by atoms with Gasteiger partial charge in [-0.2, -0.15) is 0 Å². The molecule has 2 aliphatic heterocycles. The number of likely N-dealkylation sites (N-methyl/N-ethyl adjacent to an activating group) is 1. The molecule has 0 aromatic rings. The van der Waals surface area contributed by atoms with Gasteiger partial charge in [-0.05, 0) is 7.05 Å². The summed E-state index contributed by atoms with van der Waals surface area (Å²) in [4.78, 5) is 0. The summed E-state index contributed by atoms with van der Waals surface area (Å²) in [7, 11) is 1.91. The lowest BCUT2D eigenvalue weighted by molar-refractivity contribution is 0.395. The number of fused-ring (bicyclic) bond motifs is 1. The number of hydrogen-bond acceptors (Lipinski definition) is 6. The van der Waals surface area contributed by atoms with Crippen LogP contribution in [0.4, 0.5) is 0 Å². The van der Waals surface area contributed by atoms with Crippen molar-refractivity contribution in [3.05, 3.63) is 0 Å². The summed E-state index contributed by atoms with van der Waals surface area (Å²) in [6.07, 6.45) is 0.360. The van der Waals surface area contributed by atoms with Gasteiger partial charge in [0.2, 0.25) is 0 Å². The first-order valence-electron chi connectivity index (χ1n) is 3.77. The molecule has 0 aromatic carbocycles.